The van der Waals surface area contributed by atoms with Gasteiger partial charge in [-0.3, -0.25) is 9.59 Å². The fourth-order valence-corrected chi connectivity index (χ4v) is 3.42. The molecule has 1 saturated heterocycles. The average Bonchev–Trinajstić information content (AvgIpc) is 3.24. The molecule has 3 rings (SSSR count). The summed E-state index contributed by atoms with van der Waals surface area (Å²) in [6, 6.07) is 6.50. The Kier molecular flexibility index (Phi) is 4.80. The number of nitrogens with zero attached hydrogens (tertiary/aromatic N) is 2. The number of rotatable bonds is 5. The Labute approximate surface area is 148 Å². The minimum Gasteiger partial charge on any atom is -0.477 e. The zero-order valence-electron chi connectivity index (χ0n) is 13.6. The lowest BCUT2D eigenvalue weighted by Crippen LogP contribution is -2.27. The predicted octanol–water partition coefficient (Wildman–Crippen LogP) is 2.46. The van der Waals surface area contributed by atoms with Crippen molar-refractivity contribution in [3.63, 3.8) is 0 Å². The standard InChI is InChI=1S/C17H17N3O4S/c1-10(16-18-9-13(25-16)17(23)24)19-15(22)11-4-2-5-12(8-11)20-7-3-6-14(20)21/h2,4-5,8-10H,3,6-7H2,1H3,(H,19,22)(H,23,24). The number of carboxylic acid groups (broad SMARTS) is 1. The van der Waals surface area contributed by atoms with E-state index in [0.29, 0.717) is 29.2 Å². The first-order valence-corrected chi connectivity index (χ1v) is 8.67. The minimum absolute atomic E-state index is 0.0647. The second-order valence-corrected chi connectivity index (χ2v) is 6.82. The number of hydrogen-bond donors (Lipinski definition) is 2. The van der Waals surface area contributed by atoms with Crippen molar-refractivity contribution in [2.75, 3.05) is 11.4 Å². The highest BCUT2D eigenvalue weighted by atomic mass is 32.1. The van der Waals surface area contributed by atoms with Gasteiger partial charge < -0.3 is 15.3 Å². The van der Waals surface area contributed by atoms with Gasteiger partial charge in [-0.1, -0.05) is 6.07 Å². The van der Waals surface area contributed by atoms with Crippen molar-refractivity contribution in [2.24, 2.45) is 0 Å². The van der Waals surface area contributed by atoms with Gasteiger partial charge in [-0.25, -0.2) is 9.78 Å². The van der Waals surface area contributed by atoms with E-state index in [4.69, 9.17) is 5.11 Å². The highest BCUT2D eigenvalue weighted by Gasteiger charge is 2.23. The van der Waals surface area contributed by atoms with E-state index in [9.17, 15) is 14.4 Å². The number of aromatic nitrogens is 1. The molecule has 1 aromatic carbocycles. The van der Waals surface area contributed by atoms with Crippen molar-refractivity contribution >= 4 is 34.8 Å². The Morgan fingerprint density at radius 3 is 2.84 bits per heavy atom. The molecular formula is C17H17N3O4S. The number of anilines is 1. The van der Waals surface area contributed by atoms with E-state index in [1.54, 1.807) is 30.0 Å². The maximum atomic E-state index is 12.5. The number of amides is 2. The van der Waals surface area contributed by atoms with Crippen LogP contribution in [-0.4, -0.2) is 34.4 Å². The normalized spacial score (nSPS) is 15.2. The Bertz CT molecular complexity index is 833. The molecule has 130 valence electrons. The fraction of sp³-hybridized carbons (Fsp3) is 0.294. The van der Waals surface area contributed by atoms with Crippen LogP contribution >= 0.6 is 11.3 Å². The van der Waals surface area contributed by atoms with E-state index in [0.717, 1.165) is 17.8 Å². The van der Waals surface area contributed by atoms with Gasteiger partial charge in [-0.2, -0.15) is 0 Å². The summed E-state index contributed by atoms with van der Waals surface area (Å²) in [5, 5.41) is 12.3. The Morgan fingerprint density at radius 2 is 2.20 bits per heavy atom. The molecule has 1 aliphatic heterocycles. The highest BCUT2D eigenvalue weighted by Crippen LogP contribution is 2.23. The van der Waals surface area contributed by atoms with Crippen LogP contribution in [0.4, 0.5) is 5.69 Å². The molecule has 0 bridgehead atoms. The number of carboxylic acids is 1. The monoisotopic (exact) mass is 359 g/mol. The molecule has 0 radical (unpaired) electrons. The van der Waals surface area contributed by atoms with E-state index in [2.05, 4.69) is 10.3 Å². The number of carbonyl (C=O) groups is 3. The van der Waals surface area contributed by atoms with Crippen molar-refractivity contribution in [3.05, 3.63) is 45.9 Å². The third-order valence-electron chi connectivity index (χ3n) is 3.95. The van der Waals surface area contributed by atoms with E-state index in [1.807, 2.05) is 6.07 Å². The summed E-state index contributed by atoms with van der Waals surface area (Å²) in [6.45, 7) is 2.41. The number of benzene rings is 1. The van der Waals surface area contributed by atoms with Gasteiger partial charge in [0.05, 0.1) is 12.2 Å². The molecule has 1 fully saturated rings. The van der Waals surface area contributed by atoms with Crippen LogP contribution in [0.2, 0.25) is 0 Å². The van der Waals surface area contributed by atoms with Gasteiger partial charge in [0, 0.05) is 24.2 Å². The van der Waals surface area contributed by atoms with E-state index in [-0.39, 0.29) is 16.7 Å². The quantitative estimate of drug-likeness (QED) is 0.854. The third kappa shape index (κ3) is 3.69. The lowest BCUT2D eigenvalue weighted by Gasteiger charge is -2.17. The molecule has 2 N–H and O–H groups in total. The van der Waals surface area contributed by atoms with Crippen LogP contribution in [0.3, 0.4) is 0 Å². The summed E-state index contributed by atoms with van der Waals surface area (Å²) in [6.07, 6.45) is 2.64. The molecular weight excluding hydrogens is 342 g/mol. The molecule has 1 aromatic heterocycles. The van der Waals surface area contributed by atoms with Crippen LogP contribution in [0.15, 0.2) is 30.5 Å². The molecule has 0 spiro atoms. The van der Waals surface area contributed by atoms with E-state index in [1.165, 1.54) is 6.20 Å². The first-order valence-electron chi connectivity index (χ1n) is 7.86. The van der Waals surface area contributed by atoms with Crippen LogP contribution in [-0.2, 0) is 4.79 Å². The van der Waals surface area contributed by atoms with Gasteiger partial charge in [0.2, 0.25) is 5.91 Å². The smallest absolute Gasteiger partial charge is 0.347 e. The molecule has 2 heterocycles. The topological polar surface area (TPSA) is 99.6 Å². The Morgan fingerprint density at radius 1 is 1.40 bits per heavy atom. The maximum absolute atomic E-state index is 12.5. The summed E-state index contributed by atoms with van der Waals surface area (Å²) in [4.78, 5) is 41.1. The van der Waals surface area contributed by atoms with Crippen LogP contribution in [0.1, 0.15) is 50.8 Å². The molecule has 1 atom stereocenters. The first-order chi connectivity index (χ1) is 12.0. The highest BCUT2D eigenvalue weighted by molar-refractivity contribution is 7.13. The van der Waals surface area contributed by atoms with E-state index < -0.39 is 12.0 Å². The fourth-order valence-electron chi connectivity index (χ4n) is 2.66. The maximum Gasteiger partial charge on any atom is 0.347 e. The van der Waals surface area contributed by atoms with Gasteiger partial charge in [0.25, 0.3) is 5.91 Å². The average molecular weight is 359 g/mol. The summed E-state index contributed by atoms with van der Waals surface area (Å²) in [5.41, 5.74) is 1.16. The third-order valence-corrected chi connectivity index (χ3v) is 5.11. The number of thiazole rings is 1. The molecule has 7 nitrogen and oxygen atoms in total. The van der Waals surface area contributed by atoms with Gasteiger partial charge >= 0.3 is 5.97 Å². The largest absolute Gasteiger partial charge is 0.477 e. The molecule has 2 amide bonds. The molecule has 1 unspecified atom stereocenters. The first kappa shape index (κ1) is 17.1. The predicted molar refractivity (Wildman–Crippen MR) is 93.0 cm³/mol. The molecule has 0 aliphatic carbocycles. The van der Waals surface area contributed by atoms with Gasteiger partial charge in [-0.15, -0.1) is 11.3 Å². The van der Waals surface area contributed by atoms with Crippen LogP contribution in [0.25, 0.3) is 0 Å². The van der Waals surface area contributed by atoms with Crippen molar-refractivity contribution in [2.45, 2.75) is 25.8 Å². The molecule has 8 heteroatoms. The van der Waals surface area contributed by atoms with Crippen molar-refractivity contribution in [3.8, 4) is 0 Å². The van der Waals surface area contributed by atoms with Crippen LogP contribution in [0, 0.1) is 0 Å². The lowest BCUT2D eigenvalue weighted by atomic mass is 10.1. The minimum atomic E-state index is -1.04. The zero-order chi connectivity index (χ0) is 18.0. The van der Waals surface area contributed by atoms with Crippen LogP contribution < -0.4 is 10.2 Å². The Hall–Kier alpha value is -2.74. The van der Waals surface area contributed by atoms with Crippen molar-refractivity contribution in [1.82, 2.24) is 10.3 Å². The Balaban J connectivity index is 1.72. The van der Waals surface area contributed by atoms with Gasteiger partial charge in [-0.05, 0) is 31.5 Å². The summed E-state index contributed by atoms with van der Waals surface area (Å²) in [7, 11) is 0. The molecule has 25 heavy (non-hydrogen) atoms. The second-order valence-electron chi connectivity index (χ2n) is 5.76. The van der Waals surface area contributed by atoms with E-state index >= 15 is 0 Å². The van der Waals surface area contributed by atoms with Crippen LogP contribution in [0.5, 0.6) is 0 Å². The van der Waals surface area contributed by atoms with Crippen molar-refractivity contribution < 1.29 is 19.5 Å². The van der Waals surface area contributed by atoms with Crippen molar-refractivity contribution in [1.29, 1.82) is 0 Å². The SMILES string of the molecule is CC(NC(=O)c1cccc(N2CCCC2=O)c1)c1ncc(C(=O)O)s1. The lowest BCUT2D eigenvalue weighted by molar-refractivity contribution is -0.117. The summed E-state index contributed by atoms with van der Waals surface area (Å²) >= 11 is 1.03. The van der Waals surface area contributed by atoms with Gasteiger partial charge in [0.15, 0.2) is 0 Å². The molecule has 1 aliphatic rings. The van der Waals surface area contributed by atoms with Gasteiger partial charge in [0.1, 0.15) is 9.88 Å². The summed E-state index contributed by atoms with van der Waals surface area (Å²) in [5.74, 6) is -1.27. The molecule has 2 aromatic rings. The molecule has 0 saturated carbocycles. The number of aromatic carboxylic acids is 1. The summed E-state index contributed by atoms with van der Waals surface area (Å²) < 4.78 is 0. The zero-order valence-corrected chi connectivity index (χ0v) is 14.4. The number of nitrogens with one attached hydrogen (secondary N) is 1. The second kappa shape index (κ2) is 7.02. The number of hydrogen-bond acceptors (Lipinski definition) is 5. The number of carbonyl (C=O) groups excluding carboxylic acids is 2.